The predicted molar refractivity (Wildman–Crippen MR) is 87.8 cm³/mol. The third-order valence-corrected chi connectivity index (χ3v) is 3.96. The number of anilines is 1. The molecule has 2 aromatic rings. The van der Waals surface area contributed by atoms with Gasteiger partial charge in [0, 0.05) is 17.3 Å². The van der Waals surface area contributed by atoms with Crippen LogP contribution in [0.3, 0.4) is 0 Å². The Hall–Kier alpha value is -2.04. The molecule has 22 heavy (non-hydrogen) atoms. The normalized spacial score (nSPS) is 17.2. The number of amides is 1. The highest BCUT2D eigenvalue weighted by atomic mass is 35.5. The lowest BCUT2D eigenvalue weighted by Crippen LogP contribution is -2.16. The van der Waals surface area contributed by atoms with Crippen molar-refractivity contribution in [3.05, 3.63) is 59.1 Å². The molecule has 1 heterocycles. The van der Waals surface area contributed by atoms with E-state index in [1.165, 1.54) is 5.56 Å². The monoisotopic (exact) mass is 316 g/mol. The van der Waals surface area contributed by atoms with Crippen LogP contribution in [-0.4, -0.2) is 19.2 Å². The highest BCUT2D eigenvalue weighted by molar-refractivity contribution is 6.30. The smallest absolute Gasteiger partial charge is 0.410 e. The lowest BCUT2D eigenvalue weighted by molar-refractivity contribution is 0.215. The van der Waals surface area contributed by atoms with Crippen LogP contribution < -0.4 is 15.4 Å². The maximum absolute atomic E-state index is 11.8. The van der Waals surface area contributed by atoms with E-state index in [1.54, 1.807) is 24.3 Å². The third kappa shape index (κ3) is 3.78. The highest BCUT2D eigenvalue weighted by Gasteiger charge is 2.16. The number of benzene rings is 2. The van der Waals surface area contributed by atoms with Gasteiger partial charge in [-0.05, 0) is 60.8 Å². The summed E-state index contributed by atoms with van der Waals surface area (Å²) < 4.78 is 5.18. The Bertz CT molecular complexity index is 635. The zero-order valence-corrected chi connectivity index (χ0v) is 12.8. The minimum Gasteiger partial charge on any atom is -0.410 e. The van der Waals surface area contributed by atoms with Crippen LogP contribution in [0.1, 0.15) is 17.9 Å². The summed E-state index contributed by atoms with van der Waals surface area (Å²) >= 11 is 5.79. The van der Waals surface area contributed by atoms with Crippen molar-refractivity contribution in [2.24, 2.45) is 0 Å². The molecule has 5 heteroatoms. The molecule has 114 valence electrons. The number of carbonyl (C=O) groups excluding carboxylic acids is 1. The molecule has 3 rings (SSSR count). The number of nitrogens with one attached hydrogen (secondary N) is 2. The van der Waals surface area contributed by atoms with Gasteiger partial charge in [0.2, 0.25) is 0 Å². The Labute approximate surface area is 134 Å². The summed E-state index contributed by atoms with van der Waals surface area (Å²) in [5, 5.41) is 6.66. The van der Waals surface area contributed by atoms with Gasteiger partial charge in [-0.1, -0.05) is 23.7 Å². The molecule has 2 aromatic carbocycles. The molecular formula is C17H17ClN2O2. The lowest BCUT2D eigenvalue weighted by Gasteiger charge is -2.10. The summed E-state index contributed by atoms with van der Waals surface area (Å²) in [6.07, 6.45) is 0.642. The van der Waals surface area contributed by atoms with Gasteiger partial charge in [0.1, 0.15) is 5.75 Å². The van der Waals surface area contributed by atoms with Crippen molar-refractivity contribution >= 4 is 23.4 Å². The van der Waals surface area contributed by atoms with Gasteiger partial charge < -0.3 is 10.1 Å². The van der Waals surface area contributed by atoms with Gasteiger partial charge in [-0.15, -0.1) is 0 Å². The van der Waals surface area contributed by atoms with Crippen molar-refractivity contribution in [2.45, 2.75) is 12.3 Å². The van der Waals surface area contributed by atoms with Crippen LogP contribution in [0.15, 0.2) is 48.5 Å². The minimum atomic E-state index is -0.516. The summed E-state index contributed by atoms with van der Waals surface area (Å²) in [5.74, 6) is 1.02. The van der Waals surface area contributed by atoms with E-state index in [4.69, 9.17) is 16.3 Å². The van der Waals surface area contributed by atoms with Crippen LogP contribution >= 0.6 is 11.6 Å². The van der Waals surface area contributed by atoms with Crippen LogP contribution in [0.25, 0.3) is 0 Å². The van der Waals surface area contributed by atoms with Crippen LogP contribution in [0.2, 0.25) is 5.02 Å². The number of hydrogen-bond donors (Lipinski definition) is 2. The van der Waals surface area contributed by atoms with Gasteiger partial charge in [-0.3, -0.25) is 5.32 Å². The molecule has 1 amide bonds. The Kier molecular flexibility index (Phi) is 4.61. The predicted octanol–water partition coefficient (Wildman–Crippen LogP) is 4.03. The Balaban J connectivity index is 1.57. The SMILES string of the molecule is O=C(Nc1ccc([C@@H]2CCNC2)cc1)Oc1ccc(Cl)cc1. The van der Waals surface area contributed by atoms with Crippen LogP contribution in [0.4, 0.5) is 10.5 Å². The van der Waals surface area contributed by atoms with E-state index in [2.05, 4.69) is 22.8 Å². The molecule has 0 unspecified atom stereocenters. The van der Waals surface area contributed by atoms with Crippen molar-refractivity contribution in [1.82, 2.24) is 5.32 Å². The van der Waals surface area contributed by atoms with E-state index in [0.29, 0.717) is 22.4 Å². The second-order valence-electron chi connectivity index (χ2n) is 5.28. The van der Waals surface area contributed by atoms with E-state index in [0.717, 1.165) is 19.5 Å². The van der Waals surface area contributed by atoms with Gasteiger partial charge in [0.05, 0.1) is 0 Å². The average molecular weight is 317 g/mol. The quantitative estimate of drug-likeness (QED) is 0.899. The summed E-state index contributed by atoms with van der Waals surface area (Å²) in [6, 6.07) is 14.6. The van der Waals surface area contributed by atoms with E-state index < -0.39 is 6.09 Å². The minimum absolute atomic E-state index is 0.454. The van der Waals surface area contributed by atoms with Crippen LogP contribution in [-0.2, 0) is 0 Å². The number of rotatable bonds is 3. The first-order valence-corrected chi connectivity index (χ1v) is 7.63. The van der Waals surface area contributed by atoms with E-state index >= 15 is 0 Å². The lowest BCUT2D eigenvalue weighted by atomic mass is 9.98. The zero-order chi connectivity index (χ0) is 15.4. The Morgan fingerprint density at radius 3 is 2.50 bits per heavy atom. The average Bonchev–Trinajstić information content (AvgIpc) is 3.05. The van der Waals surface area contributed by atoms with Crippen LogP contribution in [0, 0.1) is 0 Å². The molecule has 0 bridgehead atoms. The second kappa shape index (κ2) is 6.81. The van der Waals surface area contributed by atoms with Crippen LogP contribution in [0.5, 0.6) is 5.75 Å². The number of hydrogen-bond acceptors (Lipinski definition) is 3. The Morgan fingerprint density at radius 2 is 1.86 bits per heavy atom. The van der Waals surface area contributed by atoms with Crippen molar-refractivity contribution in [2.75, 3.05) is 18.4 Å². The summed E-state index contributed by atoms with van der Waals surface area (Å²) in [7, 11) is 0. The molecule has 0 saturated carbocycles. The number of carbonyl (C=O) groups is 1. The summed E-state index contributed by atoms with van der Waals surface area (Å²) in [4.78, 5) is 11.8. The summed E-state index contributed by atoms with van der Waals surface area (Å²) in [5.41, 5.74) is 2.01. The van der Waals surface area contributed by atoms with Gasteiger partial charge in [0.25, 0.3) is 0 Å². The van der Waals surface area contributed by atoms with Crippen molar-refractivity contribution in [3.63, 3.8) is 0 Å². The zero-order valence-electron chi connectivity index (χ0n) is 12.0. The van der Waals surface area contributed by atoms with E-state index in [-0.39, 0.29) is 0 Å². The van der Waals surface area contributed by atoms with E-state index in [1.807, 2.05) is 12.1 Å². The van der Waals surface area contributed by atoms with Crippen molar-refractivity contribution < 1.29 is 9.53 Å². The van der Waals surface area contributed by atoms with Gasteiger partial charge >= 0.3 is 6.09 Å². The van der Waals surface area contributed by atoms with E-state index in [9.17, 15) is 4.79 Å². The fourth-order valence-corrected chi connectivity index (χ4v) is 2.66. The Morgan fingerprint density at radius 1 is 1.14 bits per heavy atom. The number of halogens is 1. The molecule has 4 nitrogen and oxygen atoms in total. The second-order valence-corrected chi connectivity index (χ2v) is 5.72. The highest BCUT2D eigenvalue weighted by Crippen LogP contribution is 2.23. The van der Waals surface area contributed by atoms with Crippen molar-refractivity contribution in [3.8, 4) is 5.75 Å². The third-order valence-electron chi connectivity index (χ3n) is 3.71. The van der Waals surface area contributed by atoms with Gasteiger partial charge in [-0.25, -0.2) is 4.79 Å². The molecule has 1 aliphatic rings. The molecule has 0 aromatic heterocycles. The standard InChI is InChI=1S/C17H17ClN2O2/c18-14-3-7-16(8-4-14)22-17(21)20-15-5-1-12(2-6-15)13-9-10-19-11-13/h1-8,13,19H,9-11H2,(H,20,21)/t13-/m1/s1. The van der Waals surface area contributed by atoms with Crippen molar-refractivity contribution in [1.29, 1.82) is 0 Å². The topological polar surface area (TPSA) is 50.4 Å². The molecule has 0 aliphatic carbocycles. The fraction of sp³-hybridized carbons (Fsp3) is 0.235. The first-order chi connectivity index (χ1) is 10.7. The molecule has 0 spiro atoms. The maximum Gasteiger partial charge on any atom is 0.417 e. The summed E-state index contributed by atoms with van der Waals surface area (Å²) in [6.45, 7) is 2.09. The molecule has 2 N–H and O–H groups in total. The molecule has 0 radical (unpaired) electrons. The molecule has 1 saturated heterocycles. The molecule has 1 fully saturated rings. The maximum atomic E-state index is 11.8. The van der Waals surface area contributed by atoms with Gasteiger partial charge in [0.15, 0.2) is 0 Å². The number of ether oxygens (including phenoxy) is 1. The first-order valence-electron chi connectivity index (χ1n) is 7.26. The largest absolute Gasteiger partial charge is 0.417 e. The van der Waals surface area contributed by atoms with Gasteiger partial charge in [-0.2, -0.15) is 0 Å². The molecule has 1 aliphatic heterocycles. The molecular weight excluding hydrogens is 300 g/mol. The first kappa shape index (κ1) is 14.9. The molecule has 1 atom stereocenters. The fourth-order valence-electron chi connectivity index (χ4n) is 2.53.